The summed E-state index contributed by atoms with van der Waals surface area (Å²) in [4.78, 5) is 22.8. The van der Waals surface area contributed by atoms with Crippen molar-refractivity contribution in [2.75, 3.05) is 19.4 Å². The zero-order chi connectivity index (χ0) is 18.6. The average molecular weight is 404 g/mol. The monoisotopic (exact) mass is 403 g/mol. The third-order valence-corrected chi connectivity index (χ3v) is 7.70. The first-order valence-corrected chi connectivity index (χ1v) is 11.0. The van der Waals surface area contributed by atoms with Crippen LogP contribution in [0, 0.1) is 0 Å². The van der Waals surface area contributed by atoms with Crippen LogP contribution >= 0.6 is 23.5 Å². The van der Waals surface area contributed by atoms with Gasteiger partial charge >= 0.3 is 0 Å². The van der Waals surface area contributed by atoms with Crippen molar-refractivity contribution in [1.82, 2.24) is 4.31 Å². The van der Waals surface area contributed by atoms with Crippen LogP contribution in [0.3, 0.4) is 0 Å². The number of ether oxygens (including phenoxy) is 1. The lowest BCUT2D eigenvalue weighted by Gasteiger charge is -2.23. The van der Waals surface area contributed by atoms with Gasteiger partial charge in [0.25, 0.3) is 0 Å². The van der Waals surface area contributed by atoms with E-state index in [1.165, 1.54) is 37.4 Å². The molecule has 2 rings (SSSR count). The first kappa shape index (κ1) is 20.3. The molecular formula is C16H21NO5S3. The van der Waals surface area contributed by atoms with Gasteiger partial charge in [-0.05, 0) is 30.7 Å². The van der Waals surface area contributed by atoms with Crippen molar-refractivity contribution >= 4 is 43.8 Å². The van der Waals surface area contributed by atoms with Crippen molar-refractivity contribution < 1.29 is 22.7 Å². The molecular weight excluding hydrogens is 382 g/mol. The second kappa shape index (κ2) is 8.57. The molecule has 0 saturated carbocycles. The van der Waals surface area contributed by atoms with Crippen LogP contribution in [0.15, 0.2) is 29.2 Å². The number of carbonyl (C=O) groups excluding carboxylic acids is 2. The van der Waals surface area contributed by atoms with Gasteiger partial charge in [-0.3, -0.25) is 9.59 Å². The third-order valence-electron chi connectivity index (χ3n) is 3.80. The van der Waals surface area contributed by atoms with Crippen LogP contribution < -0.4 is 4.74 Å². The topological polar surface area (TPSA) is 80.8 Å². The van der Waals surface area contributed by atoms with Gasteiger partial charge in [0, 0.05) is 37.4 Å². The summed E-state index contributed by atoms with van der Waals surface area (Å²) in [6, 6.07) is 5.91. The summed E-state index contributed by atoms with van der Waals surface area (Å²) in [5.74, 6) is 0.966. The van der Waals surface area contributed by atoms with Crippen LogP contribution in [0.5, 0.6) is 5.75 Å². The first-order valence-electron chi connectivity index (χ1n) is 7.70. The van der Waals surface area contributed by atoms with E-state index < -0.39 is 10.0 Å². The molecule has 1 aromatic carbocycles. The molecule has 1 aromatic rings. The number of hydrogen-bond donors (Lipinski definition) is 0. The molecule has 9 heteroatoms. The molecule has 0 spiro atoms. The van der Waals surface area contributed by atoms with E-state index in [1.54, 1.807) is 12.1 Å². The maximum absolute atomic E-state index is 13.0. The Morgan fingerprint density at radius 2 is 1.84 bits per heavy atom. The zero-order valence-electron chi connectivity index (χ0n) is 14.3. The standard InChI is InChI=1S/C16H21NO5S3/c1-11(18)23-10-13-8-15(24-12(2)19)9-17(13)25(20,21)16-6-4-14(22-3)5-7-16/h4-7,13,15H,8-10H2,1-3H3/t13-,15?/m1/s1. The molecule has 0 aromatic heterocycles. The maximum atomic E-state index is 13.0. The largest absolute Gasteiger partial charge is 0.497 e. The SMILES string of the molecule is COc1ccc(S(=O)(=O)N2CC(SC(C)=O)C[C@@H]2CSC(C)=O)cc1. The van der Waals surface area contributed by atoms with Crippen molar-refractivity contribution in [1.29, 1.82) is 0 Å². The second-order valence-electron chi connectivity index (χ2n) is 5.67. The molecule has 0 bridgehead atoms. The molecule has 1 aliphatic heterocycles. The fraction of sp³-hybridized carbons (Fsp3) is 0.500. The highest BCUT2D eigenvalue weighted by Gasteiger charge is 2.41. The second-order valence-corrected chi connectivity index (χ2v) is 10.2. The van der Waals surface area contributed by atoms with E-state index in [0.29, 0.717) is 17.9 Å². The summed E-state index contributed by atoms with van der Waals surface area (Å²) < 4.78 is 32.5. The molecule has 0 radical (unpaired) electrons. The number of carbonyl (C=O) groups is 2. The molecule has 6 nitrogen and oxygen atoms in total. The minimum absolute atomic E-state index is 0.0355. The van der Waals surface area contributed by atoms with E-state index in [1.807, 2.05) is 0 Å². The number of sulfonamides is 1. The Balaban J connectivity index is 2.25. The molecule has 0 aliphatic carbocycles. The van der Waals surface area contributed by atoms with Crippen LogP contribution in [0.2, 0.25) is 0 Å². The number of thioether (sulfide) groups is 2. The van der Waals surface area contributed by atoms with E-state index in [4.69, 9.17) is 4.74 Å². The number of rotatable bonds is 6. The summed E-state index contributed by atoms with van der Waals surface area (Å²) in [5, 5.41) is -0.181. The average Bonchev–Trinajstić information content (AvgIpc) is 2.95. The predicted molar refractivity (Wildman–Crippen MR) is 100 cm³/mol. The number of benzene rings is 1. The van der Waals surface area contributed by atoms with E-state index >= 15 is 0 Å². The minimum atomic E-state index is -3.70. The van der Waals surface area contributed by atoms with E-state index in [0.717, 1.165) is 23.5 Å². The van der Waals surface area contributed by atoms with Crippen LogP contribution in [-0.4, -0.2) is 53.7 Å². The Kier molecular flexibility index (Phi) is 6.95. The van der Waals surface area contributed by atoms with Crippen molar-refractivity contribution in [3.8, 4) is 5.75 Å². The van der Waals surface area contributed by atoms with E-state index in [2.05, 4.69) is 0 Å². The molecule has 2 atom stereocenters. The highest BCUT2D eigenvalue weighted by Crippen LogP contribution is 2.34. The molecule has 25 heavy (non-hydrogen) atoms. The van der Waals surface area contributed by atoms with Crippen LogP contribution in [0.4, 0.5) is 0 Å². The van der Waals surface area contributed by atoms with Crippen LogP contribution in [0.1, 0.15) is 20.3 Å². The van der Waals surface area contributed by atoms with Gasteiger partial charge in [0.05, 0.1) is 12.0 Å². The van der Waals surface area contributed by atoms with Crippen molar-refractivity contribution in [2.24, 2.45) is 0 Å². The molecule has 1 fully saturated rings. The van der Waals surface area contributed by atoms with Crippen molar-refractivity contribution in [3.05, 3.63) is 24.3 Å². The minimum Gasteiger partial charge on any atom is -0.497 e. The predicted octanol–water partition coefficient (Wildman–Crippen LogP) is 2.39. The van der Waals surface area contributed by atoms with Gasteiger partial charge in [-0.25, -0.2) is 8.42 Å². The lowest BCUT2D eigenvalue weighted by Crippen LogP contribution is -2.37. The van der Waals surface area contributed by atoms with Gasteiger partial charge in [-0.2, -0.15) is 4.31 Å². The normalized spacial score (nSPS) is 21.2. The highest BCUT2D eigenvalue weighted by molar-refractivity contribution is 8.14. The van der Waals surface area contributed by atoms with E-state index in [-0.39, 0.29) is 33.0 Å². The number of nitrogens with zero attached hydrogens (tertiary/aromatic N) is 1. The highest BCUT2D eigenvalue weighted by atomic mass is 32.2. The number of methoxy groups -OCH3 is 1. The smallest absolute Gasteiger partial charge is 0.243 e. The summed E-state index contributed by atoms with van der Waals surface area (Å²) in [5.41, 5.74) is 0. The summed E-state index contributed by atoms with van der Waals surface area (Å²) in [6.07, 6.45) is 0.555. The Morgan fingerprint density at radius 1 is 1.20 bits per heavy atom. The Morgan fingerprint density at radius 3 is 2.36 bits per heavy atom. The summed E-state index contributed by atoms with van der Waals surface area (Å²) in [7, 11) is -2.18. The molecule has 0 amide bonds. The van der Waals surface area contributed by atoms with Gasteiger partial charge in [0.15, 0.2) is 10.2 Å². The fourth-order valence-corrected chi connectivity index (χ4v) is 6.34. The van der Waals surface area contributed by atoms with Crippen molar-refractivity contribution in [3.63, 3.8) is 0 Å². The Hall–Kier alpha value is -1.03. The molecule has 1 unspecified atom stereocenters. The Bertz CT molecular complexity index is 733. The molecule has 138 valence electrons. The van der Waals surface area contributed by atoms with Crippen LogP contribution in [0.25, 0.3) is 0 Å². The first-order chi connectivity index (χ1) is 11.7. The van der Waals surface area contributed by atoms with Gasteiger partial charge in [0.1, 0.15) is 5.75 Å². The maximum Gasteiger partial charge on any atom is 0.243 e. The Labute approximate surface area is 156 Å². The van der Waals surface area contributed by atoms with E-state index in [9.17, 15) is 18.0 Å². The van der Waals surface area contributed by atoms with Gasteiger partial charge in [0.2, 0.25) is 10.0 Å². The molecule has 1 saturated heterocycles. The molecule has 1 heterocycles. The quantitative estimate of drug-likeness (QED) is 0.721. The summed E-state index contributed by atoms with van der Waals surface area (Å²) >= 11 is 2.27. The summed E-state index contributed by atoms with van der Waals surface area (Å²) in [6.45, 7) is 3.20. The van der Waals surface area contributed by atoms with Crippen molar-refractivity contribution in [2.45, 2.75) is 36.5 Å². The van der Waals surface area contributed by atoms with Gasteiger partial charge < -0.3 is 4.74 Å². The van der Waals surface area contributed by atoms with Crippen LogP contribution in [-0.2, 0) is 19.6 Å². The van der Waals surface area contributed by atoms with Gasteiger partial charge in [-0.15, -0.1) is 0 Å². The molecule has 1 aliphatic rings. The lowest BCUT2D eigenvalue weighted by atomic mass is 10.2. The lowest BCUT2D eigenvalue weighted by molar-refractivity contribution is -0.110. The van der Waals surface area contributed by atoms with Gasteiger partial charge in [-0.1, -0.05) is 23.5 Å². The molecule has 0 N–H and O–H groups in total. The fourth-order valence-electron chi connectivity index (χ4n) is 2.71. The zero-order valence-corrected chi connectivity index (χ0v) is 16.7. The third kappa shape index (κ3) is 5.22. The number of hydrogen-bond acceptors (Lipinski definition) is 7.